The summed E-state index contributed by atoms with van der Waals surface area (Å²) in [7, 11) is 0.398. The Kier molecular flexibility index (Phi) is 6.10. The lowest BCUT2D eigenvalue weighted by Crippen LogP contribution is -2.29. The largest absolute Gasteiger partial charge is 0.307 e. The molecule has 28 heavy (non-hydrogen) atoms. The van der Waals surface area contributed by atoms with Gasteiger partial charge in [0.1, 0.15) is 0 Å². The first kappa shape index (κ1) is 20.4. The summed E-state index contributed by atoms with van der Waals surface area (Å²) in [5, 5.41) is 1.12. The zero-order valence-corrected chi connectivity index (χ0v) is 18.5. The lowest BCUT2D eigenvalue weighted by atomic mass is 10.0. The van der Waals surface area contributed by atoms with E-state index in [0.717, 1.165) is 33.0 Å². The summed E-state index contributed by atoms with van der Waals surface area (Å²) in [6.45, 7) is 13.2. The highest BCUT2D eigenvalue weighted by Gasteiger charge is 2.19. The first-order valence-corrected chi connectivity index (χ1v) is 11.2. The van der Waals surface area contributed by atoms with Crippen molar-refractivity contribution in [2.45, 2.75) is 41.2 Å². The van der Waals surface area contributed by atoms with Gasteiger partial charge in [-0.15, -0.1) is 0 Å². The summed E-state index contributed by atoms with van der Waals surface area (Å²) in [4.78, 5) is 22.8. The summed E-state index contributed by atoms with van der Waals surface area (Å²) in [5.74, 6) is 1.06. The summed E-state index contributed by atoms with van der Waals surface area (Å²) in [5.41, 5.74) is 5.80. The Morgan fingerprint density at radius 1 is 1.21 bits per heavy atom. The molecule has 0 radical (unpaired) electrons. The minimum atomic E-state index is 0.0456. The first-order valence-electron chi connectivity index (χ1n) is 9.65. The van der Waals surface area contributed by atoms with Crippen LogP contribution in [0.2, 0.25) is 0 Å². The molecule has 3 aromatic rings. The Morgan fingerprint density at radius 3 is 2.61 bits per heavy atom. The Hall–Kier alpha value is -2.32. The maximum atomic E-state index is 13.6. The van der Waals surface area contributed by atoms with Crippen molar-refractivity contribution >= 4 is 30.8 Å². The molecule has 0 aliphatic carbocycles. The van der Waals surface area contributed by atoms with Crippen LogP contribution in [-0.4, -0.2) is 21.7 Å². The summed E-state index contributed by atoms with van der Waals surface area (Å²) in [6, 6.07) is 10.2. The van der Waals surface area contributed by atoms with Crippen molar-refractivity contribution in [1.82, 2.24) is 9.55 Å². The van der Waals surface area contributed by atoms with Crippen LogP contribution >= 0.6 is 8.58 Å². The van der Waals surface area contributed by atoms with E-state index in [4.69, 9.17) is 4.99 Å². The molecule has 2 aromatic heterocycles. The summed E-state index contributed by atoms with van der Waals surface area (Å²) >= 11 is 0. The SMILES string of the molecule is CPC(=Nc1ncccc1C)c1c(C)c2cc(C)ccc2n(CC(C)C)c1=O. The average molecular weight is 393 g/mol. The fourth-order valence-corrected chi connectivity index (χ4v) is 4.25. The number of benzene rings is 1. The van der Waals surface area contributed by atoms with E-state index < -0.39 is 0 Å². The Balaban J connectivity index is 2.36. The van der Waals surface area contributed by atoms with Crippen molar-refractivity contribution in [3.05, 3.63) is 69.1 Å². The number of pyridine rings is 2. The van der Waals surface area contributed by atoms with Crippen LogP contribution in [0, 0.1) is 26.7 Å². The molecule has 0 spiro atoms. The Bertz CT molecular complexity index is 1110. The second-order valence-corrected chi connectivity index (χ2v) is 8.66. The highest BCUT2D eigenvalue weighted by Crippen LogP contribution is 2.27. The molecule has 0 N–H and O–H groups in total. The van der Waals surface area contributed by atoms with Gasteiger partial charge in [-0.2, -0.15) is 0 Å². The quantitative estimate of drug-likeness (QED) is 0.432. The molecule has 0 saturated carbocycles. The maximum Gasteiger partial charge on any atom is 0.260 e. The Labute approximate surface area is 168 Å². The van der Waals surface area contributed by atoms with Crippen LogP contribution in [0.1, 0.15) is 36.1 Å². The third-order valence-electron chi connectivity index (χ3n) is 4.90. The first-order chi connectivity index (χ1) is 13.3. The fraction of sp³-hybridized carbons (Fsp3) is 0.348. The molecule has 0 amide bonds. The van der Waals surface area contributed by atoms with E-state index in [2.05, 4.69) is 50.6 Å². The molecule has 146 valence electrons. The summed E-state index contributed by atoms with van der Waals surface area (Å²) in [6.07, 6.45) is 1.75. The topological polar surface area (TPSA) is 47.2 Å². The molecule has 0 saturated heterocycles. The van der Waals surface area contributed by atoms with Gasteiger partial charge in [-0.25, -0.2) is 9.98 Å². The highest BCUT2D eigenvalue weighted by molar-refractivity contribution is 7.58. The molecule has 0 fully saturated rings. The third-order valence-corrected chi connectivity index (χ3v) is 5.74. The van der Waals surface area contributed by atoms with Gasteiger partial charge in [0.05, 0.1) is 16.5 Å². The molecular weight excluding hydrogens is 365 g/mol. The standard InChI is InChI=1S/C23H28N3OP/c1-14(2)13-26-19-10-9-15(3)12-18(19)17(5)20(23(26)27)22(28-6)25-21-16(4)8-7-11-24-21/h7-12,14,28H,13H2,1-6H3. The maximum absolute atomic E-state index is 13.6. The van der Waals surface area contributed by atoms with Crippen LogP contribution in [0.15, 0.2) is 46.3 Å². The molecule has 0 bridgehead atoms. The number of rotatable bonds is 5. The smallest absolute Gasteiger partial charge is 0.260 e. The number of aliphatic imine (C=N–C) groups is 1. The van der Waals surface area contributed by atoms with E-state index in [-0.39, 0.29) is 5.56 Å². The van der Waals surface area contributed by atoms with E-state index in [0.29, 0.717) is 26.9 Å². The molecule has 2 heterocycles. The molecule has 4 nitrogen and oxygen atoms in total. The lowest BCUT2D eigenvalue weighted by Gasteiger charge is -2.18. The van der Waals surface area contributed by atoms with Gasteiger partial charge in [0, 0.05) is 18.1 Å². The van der Waals surface area contributed by atoms with Gasteiger partial charge in [-0.05, 0) is 62.7 Å². The zero-order chi connectivity index (χ0) is 20.4. The van der Waals surface area contributed by atoms with Crippen LogP contribution < -0.4 is 5.56 Å². The van der Waals surface area contributed by atoms with Crippen LogP contribution in [-0.2, 0) is 6.54 Å². The van der Waals surface area contributed by atoms with Gasteiger partial charge in [0.2, 0.25) is 0 Å². The van der Waals surface area contributed by atoms with Crippen LogP contribution in [0.4, 0.5) is 5.82 Å². The number of aryl methyl sites for hydroxylation is 3. The summed E-state index contributed by atoms with van der Waals surface area (Å²) < 4.78 is 1.92. The molecule has 3 rings (SSSR count). The van der Waals surface area contributed by atoms with Gasteiger partial charge < -0.3 is 4.57 Å². The van der Waals surface area contributed by atoms with E-state index in [1.807, 2.05) is 30.5 Å². The molecule has 1 atom stereocenters. The number of aromatic nitrogens is 2. The van der Waals surface area contributed by atoms with Crippen molar-refractivity contribution in [1.29, 1.82) is 0 Å². The second-order valence-electron chi connectivity index (χ2n) is 7.68. The molecular formula is C23H28N3OP. The van der Waals surface area contributed by atoms with Crippen molar-refractivity contribution in [3.63, 3.8) is 0 Å². The van der Waals surface area contributed by atoms with Gasteiger partial charge in [-0.3, -0.25) is 4.79 Å². The van der Waals surface area contributed by atoms with Crippen LogP contribution in [0.5, 0.6) is 0 Å². The normalized spacial score (nSPS) is 12.6. The van der Waals surface area contributed by atoms with Gasteiger partial charge in [0.15, 0.2) is 5.82 Å². The predicted octanol–water partition coefficient (Wildman–Crippen LogP) is 5.36. The second kappa shape index (κ2) is 8.36. The van der Waals surface area contributed by atoms with Gasteiger partial charge in [0.25, 0.3) is 5.56 Å². The molecule has 0 aliphatic rings. The van der Waals surface area contributed by atoms with Crippen LogP contribution in [0.3, 0.4) is 0 Å². The number of hydrogen-bond donors (Lipinski definition) is 0. The monoisotopic (exact) mass is 393 g/mol. The predicted molar refractivity (Wildman–Crippen MR) is 122 cm³/mol. The van der Waals surface area contributed by atoms with E-state index in [1.165, 1.54) is 5.56 Å². The van der Waals surface area contributed by atoms with Crippen molar-refractivity contribution < 1.29 is 0 Å². The Morgan fingerprint density at radius 2 is 1.96 bits per heavy atom. The fourth-order valence-electron chi connectivity index (χ4n) is 3.49. The minimum absolute atomic E-state index is 0.0456. The molecule has 0 aliphatic heterocycles. The third kappa shape index (κ3) is 3.93. The van der Waals surface area contributed by atoms with Crippen molar-refractivity contribution in [3.8, 4) is 0 Å². The van der Waals surface area contributed by atoms with Crippen LogP contribution in [0.25, 0.3) is 10.9 Å². The molecule has 1 unspecified atom stereocenters. The van der Waals surface area contributed by atoms with Crippen molar-refractivity contribution in [2.75, 3.05) is 6.66 Å². The number of fused-ring (bicyclic) bond motifs is 1. The number of hydrogen-bond acceptors (Lipinski definition) is 3. The van der Waals surface area contributed by atoms with E-state index in [1.54, 1.807) is 6.20 Å². The molecule has 5 heteroatoms. The zero-order valence-electron chi connectivity index (χ0n) is 17.5. The average Bonchev–Trinajstić information content (AvgIpc) is 2.65. The van der Waals surface area contributed by atoms with E-state index >= 15 is 0 Å². The van der Waals surface area contributed by atoms with Gasteiger partial charge in [-0.1, -0.05) is 40.1 Å². The minimum Gasteiger partial charge on any atom is -0.307 e. The van der Waals surface area contributed by atoms with E-state index in [9.17, 15) is 4.79 Å². The lowest BCUT2D eigenvalue weighted by molar-refractivity contribution is 0.523. The molecule has 1 aromatic carbocycles. The highest BCUT2D eigenvalue weighted by atomic mass is 31.1. The van der Waals surface area contributed by atoms with Crippen molar-refractivity contribution in [2.24, 2.45) is 10.9 Å². The number of nitrogens with zero attached hydrogens (tertiary/aromatic N) is 3. The van der Waals surface area contributed by atoms with Gasteiger partial charge >= 0.3 is 0 Å².